The van der Waals surface area contributed by atoms with Crippen molar-refractivity contribution in [2.75, 3.05) is 5.32 Å². The van der Waals surface area contributed by atoms with Crippen LogP contribution in [0.2, 0.25) is 15.1 Å². The van der Waals surface area contributed by atoms with Crippen LogP contribution in [0, 0.1) is 18.3 Å². The van der Waals surface area contributed by atoms with E-state index in [2.05, 4.69) is 5.32 Å². The van der Waals surface area contributed by atoms with Gasteiger partial charge in [0.1, 0.15) is 24.0 Å². The van der Waals surface area contributed by atoms with Crippen molar-refractivity contribution in [3.63, 3.8) is 0 Å². The number of carbonyl (C=O) groups excluding carboxylic acids is 1. The minimum atomic E-state index is -0.561. The first kappa shape index (κ1) is 22.7. The molecule has 1 amide bonds. The molecular formula is C24H17Cl3N2O2. The zero-order chi connectivity index (χ0) is 22.4. The largest absolute Gasteiger partial charge is 0.487 e. The summed E-state index contributed by atoms with van der Waals surface area (Å²) in [5, 5.41) is 13.5. The summed E-state index contributed by atoms with van der Waals surface area (Å²) in [6.07, 6.45) is 1.45. The maximum absolute atomic E-state index is 12.6. The number of benzene rings is 3. The van der Waals surface area contributed by atoms with E-state index < -0.39 is 5.91 Å². The first-order valence-corrected chi connectivity index (χ1v) is 10.4. The van der Waals surface area contributed by atoms with Crippen LogP contribution in [0.1, 0.15) is 16.7 Å². The number of amides is 1. The van der Waals surface area contributed by atoms with Crippen molar-refractivity contribution in [3.05, 3.63) is 98.0 Å². The zero-order valence-corrected chi connectivity index (χ0v) is 18.7. The number of hydrogen-bond acceptors (Lipinski definition) is 3. The van der Waals surface area contributed by atoms with Gasteiger partial charge in [0.15, 0.2) is 0 Å². The van der Waals surface area contributed by atoms with Gasteiger partial charge in [-0.15, -0.1) is 0 Å². The molecule has 0 saturated heterocycles. The number of nitrogens with zero attached hydrogens (tertiary/aromatic N) is 1. The lowest BCUT2D eigenvalue weighted by Gasteiger charge is -2.11. The second-order valence-corrected chi connectivity index (χ2v) is 7.85. The lowest BCUT2D eigenvalue weighted by Crippen LogP contribution is -2.14. The Bertz CT molecular complexity index is 1180. The Morgan fingerprint density at radius 3 is 2.45 bits per heavy atom. The predicted octanol–water partition coefficient (Wildman–Crippen LogP) is 7.08. The van der Waals surface area contributed by atoms with E-state index in [0.29, 0.717) is 32.1 Å². The van der Waals surface area contributed by atoms with E-state index in [1.54, 1.807) is 36.4 Å². The van der Waals surface area contributed by atoms with Gasteiger partial charge in [-0.3, -0.25) is 4.79 Å². The standard InChI is InChI=1S/C24H17Cl3N2O2/c1-15-5-4-8-20(26)23(15)29-24(30)18(13-28)11-16-9-10-22(21(27)12-16)31-14-17-6-2-3-7-19(17)25/h2-12H,14H2,1H3,(H,29,30)/b18-11+. The van der Waals surface area contributed by atoms with Gasteiger partial charge in [0.2, 0.25) is 0 Å². The average Bonchev–Trinajstić information content (AvgIpc) is 2.75. The van der Waals surface area contributed by atoms with Gasteiger partial charge in [-0.2, -0.15) is 5.26 Å². The number of nitrogens with one attached hydrogen (secondary N) is 1. The molecule has 31 heavy (non-hydrogen) atoms. The summed E-state index contributed by atoms with van der Waals surface area (Å²) in [6, 6.07) is 19.6. The van der Waals surface area contributed by atoms with Crippen LogP contribution in [-0.4, -0.2) is 5.91 Å². The minimum absolute atomic E-state index is 0.0832. The molecule has 4 nitrogen and oxygen atoms in total. The lowest BCUT2D eigenvalue weighted by molar-refractivity contribution is -0.112. The van der Waals surface area contributed by atoms with Gasteiger partial charge in [-0.1, -0.05) is 71.2 Å². The Labute approximate surface area is 195 Å². The third-order valence-corrected chi connectivity index (χ3v) is 5.41. The second-order valence-electron chi connectivity index (χ2n) is 6.63. The highest BCUT2D eigenvalue weighted by Crippen LogP contribution is 2.29. The molecule has 3 aromatic rings. The number of carbonyl (C=O) groups is 1. The molecule has 0 saturated carbocycles. The Morgan fingerprint density at radius 2 is 1.77 bits per heavy atom. The monoisotopic (exact) mass is 470 g/mol. The van der Waals surface area contributed by atoms with Gasteiger partial charge in [0.25, 0.3) is 5.91 Å². The third-order valence-electron chi connectivity index (χ3n) is 4.43. The predicted molar refractivity (Wildman–Crippen MR) is 126 cm³/mol. The van der Waals surface area contributed by atoms with Crippen molar-refractivity contribution in [2.45, 2.75) is 13.5 Å². The molecule has 0 radical (unpaired) electrons. The highest BCUT2D eigenvalue weighted by molar-refractivity contribution is 6.34. The molecule has 0 heterocycles. The van der Waals surface area contributed by atoms with E-state index in [1.807, 2.05) is 37.3 Å². The fourth-order valence-electron chi connectivity index (χ4n) is 2.78. The maximum atomic E-state index is 12.6. The highest BCUT2D eigenvalue weighted by atomic mass is 35.5. The van der Waals surface area contributed by atoms with E-state index in [1.165, 1.54) is 6.08 Å². The summed E-state index contributed by atoms with van der Waals surface area (Å²) in [6.45, 7) is 2.08. The summed E-state index contributed by atoms with van der Waals surface area (Å²) in [7, 11) is 0. The highest BCUT2D eigenvalue weighted by Gasteiger charge is 2.13. The second kappa shape index (κ2) is 10.4. The molecule has 0 aliphatic heterocycles. The number of rotatable bonds is 6. The topological polar surface area (TPSA) is 62.1 Å². The molecule has 7 heteroatoms. The smallest absolute Gasteiger partial charge is 0.266 e. The maximum Gasteiger partial charge on any atom is 0.266 e. The van der Waals surface area contributed by atoms with Gasteiger partial charge in [0, 0.05) is 10.6 Å². The SMILES string of the molecule is Cc1cccc(Cl)c1NC(=O)/C(C#N)=C/c1ccc(OCc2ccccc2Cl)c(Cl)c1. The molecule has 156 valence electrons. The molecule has 0 aliphatic rings. The van der Waals surface area contributed by atoms with E-state index >= 15 is 0 Å². The van der Waals surface area contributed by atoms with Gasteiger partial charge >= 0.3 is 0 Å². The van der Waals surface area contributed by atoms with Crippen LogP contribution in [0.5, 0.6) is 5.75 Å². The Morgan fingerprint density at radius 1 is 1.03 bits per heavy atom. The van der Waals surface area contributed by atoms with Crippen LogP contribution in [0.15, 0.2) is 66.2 Å². The van der Waals surface area contributed by atoms with Crippen LogP contribution < -0.4 is 10.1 Å². The van der Waals surface area contributed by atoms with Crippen LogP contribution in [0.3, 0.4) is 0 Å². The van der Waals surface area contributed by atoms with Gasteiger partial charge in [0.05, 0.1) is 15.7 Å². The normalized spacial score (nSPS) is 11.0. The number of anilines is 1. The Kier molecular flexibility index (Phi) is 7.59. The number of halogens is 3. The van der Waals surface area contributed by atoms with Crippen molar-refractivity contribution in [3.8, 4) is 11.8 Å². The van der Waals surface area contributed by atoms with Crippen LogP contribution >= 0.6 is 34.8 Å². The third kappa shape index (κ3) is 5.80. The number of para-hydroxylation sites is 1. The molecule has 0 fully saturated rings. The van der Waals surface area contributed by atoms with E-state index in [9.17, 15) is 10.1 Å². The molecule has 0 bridgehead atoms. The minimum Gasteiger partial charge on any atom is -0.487 e. The summed E-state index contributed by atoms with van der Waals surface area (Å²) < 4.78 is 5.75. The Balaban J connectivity index is 1.75. The Hall–Kier alpha value is -2.97. The molecular weight excluding hydrogens is 455 g/mol. The number of hydrogen-bond donors (Lipinski definition) is 1. The molecule has 1 N–H and O–H groups in total. The summed E-state index contributed by atoms with van der Waals surface area (Å²) in [4.78, 5) is 12.6. The zero-order valence-electron chi connectivity index (χ0n) is 16.5. The van der Waals surface area contributed by atoms with Crippen LogP contribution in [0.4, 0.5) is 5.69 Å². The first-order valence-electron chi connectivity index (χ1n) is 9.23. The molecule has 0 spiro atoms. The van der Waals surface area contributed by atoms with Crippen LogP contribution in [-0.2, 0) is 11.4 Å². The fraction of sp³-hybridized carbons (Fsp3) is 0.0833. The van der Waals surface area contributed by atoms with E-state index in [0.717, 1.165) is 11.1 Å². The lowest BCUT2D eigenvalue weighted by atomic mass is 10.1. The van der Waals surface area contributed by atoms with E-state index in [4.69, 9.17) is 39.5 Å². The van der Waals surface area contributed by atoms with Crippen molar-refractivity contribution in [1.82, 2.24) is 0 Å². The summed E-state index contributed by atoms with van der Waals surface area (Å²) in [5.41, 5.74) is 2.60. The average molecular weight is 472 g/mol. The van der Waals surface area contributed by atoms with Gasteiger partial charge in [-0.25, -0.2) is 0 Å². The molecule has 0 aliphatic carbocycles. The molecule has 3 rings (SSSR count). The molecule has 0 aromatic heterocycles. The van der Waals surface area contributed by atoms with E-state index in [-0.39, 0.29) is 12.2 Å². The van der Waals surface area contributed by atoms with Gasteiger partial charge in [-0.05, 0) is 48.4 Å². The van der Waals surface area contributed by atoms with Crippen molar-refractivity contribution < 1.29 is 9.53 Å². The van der Waals surface area contributed by atoms with Crippen molar-refractivity contribution in [2.24, 2.45) is 0 Å². The fourth-order valence-corrected chi connectivity index (χ4v) is 3.48. The quantitative estimate of drug-likeness (QED) is 0.308. The number of nitriles is 1. The molecule has 0 atom stereocenters. The van der Waals surface area contributed by atoms with Crippen molar-refractivity contribution in [1.29, 1.82) is 5.26 Å². The number of aryl methyl sites for hydroxylation is 1. The molecule has 3 aromatic carbocycles. The first-order chi connectivity index (χ1) is 14.9. The summed E-state index contributed by atoms with van der Waals surface area (Å²) in [5.74, 6) is -0.0951. The molecule has 0 unspecified atom stereocenters. The van der Waals surface area contributed by atoms with Gasteiger partial charge < -0.3 is 10.1 Å². The summed E-state index contributed by atoms with van der Waals surface area (Å²) >= 11 is 18.6. The number of ether oxygens (including phenoxy) is 1. The van der Waals surface area contributed by atoms with Crippen LogP contribution in [0.25, 0.3) is 6.08 Å². The van der Waals surface area contributed by atoms with Crippen molar-refractivity contribution >= 4 is 52.5 Å².